The molecule has 0 saturated heterocycles. The lowest BCUT2D eigenvalue weighted by Gasteiger charge is -2.14. The van der Waals surface area contributed by atoms with Crippen LogP contribution in [-0.2, 0) is 11.2 Å². The van der Waals surface area contributed by atoms with Crippen molar-refractivity contribution < 1.29 is 18.8 Å². The third kappa shape index (κ3) is 10.00. The Morgan fingerprint density at radius 2 is 1.67 bits per heavy atom. The van der Waals surface area contributed by atoms with Gasteiger partial charge in [-0.15, -0.1) is 0 Å². The van der Waals surface area contributed by atoms with Crippen LogP contribution in [0.4, 0.5) is 4.39 Å². The molecule has 0 amide bonds. The average Bonchev–Trinajstić information content (AvgIpc) is 3.18. The molecule has 0 spiro atoms. The van der Waals surface area contributed by atoms with Gasteiger partial charge in [0, 0.05) is 31.0 Å². The summed E-state index contributed by atoms with van der Waals surface area (Å²) in [6.45, 7) is 13.1. The summed E-state index contributed by atoms with van der Waals surface area (Å²) in [5, 5.41) is 0. The number of hydrogen-bond acceptors (Lipinski definition) is 4. The van der Waals surface area contributed by atoms with Crippen molar-refractivity contribution in [2.75, 3.05) is 0 Å². The molecule has 36 heavy (non-hydrogen) atoms. The summed E-state index contributed by atoms with van der Waals surface area (Å²) in [7, 11) is 0. The summed E-state index contributed by atoms with van der Waals surface area (Å²) >= 11 is 0. The van der Waals surface area contributed by atoms with Crippen LogP contribution in [0.2, 0.25) is 0 Å². The largest absolute Gasteiger partial charge is 0.301 e. The van der Waals surface area contributed by atoms with Gasteiger partial charge in [-0.05, 0) is 64.5 Å². The first kappa shape index (κ1) is 31.1. The number of rotatable bonds is 13. The Labute approximate surface area is 216 Å². The second-order valence-electron chi connectivity index (χ2n) is 9.45. The number of imidazole rings is 1. The van der Waals surface area contributed by atoms with Crippen LogP contribution >= 0.6 is 0 Å². The van der Waals surface area contributed by atoms with Gasteiger partial charge >= 0.3 is 0 Å². The lowest BCUT2D eigenvalue weighted by atomic mass is 9.89. The van der Waals surface area contributed by atoms with Gasteiger partial charge in [-0.2, -0.15) is 0 Å². The molecule has 0 atom stereocenters. The van der Waals surface area contributed by atoms with E-state index >= 15 is 0 Å². The highest BCUT2D eigenvalue weighted by atomic mass is 19.1. The van der Waals surface area contributed by atoms with Crippen molar-refractivity contribution in [1.29, 1.82) is 0 Å². The fourth-order valence-electron chi connectivity index (χ4n) is 4.10. The van der Waals surface area contributed by atoms with Crippen LogP contribution in [0, 0.1) is 18.7 Å². The number of Topliss-reactive ketones (excluding diaryl/α,β-unsaturated/α-hetero) is 3. The van der Waals surface area contributed by atoms with E-state index in [0.29, 0.717) is 29.7 Å². The van der Waals surface area contributed by atoms with Gasteiger partial charge in [0.05, 0.1) is 6.20 Å². The van der Waals surface area contributed by atoms with Gasteiger partial charge in [0.1, 0.15) is 23.1 Å². The van der Waals surface area contributed by atoms with Crippen LogP contribution in [-0.4, -0.2) is 26.9 Å². The fourth-order valence-corrected chi connectivity index (χ4v) is 4.10. The summed E-state index contributed by atoms with van der Waals surface area (Å²) < 4.78 is 15.5. The van der Waals surface area contributed by atoms with Gasteiger partial charge in [0.15, 0.2) is 11.6 Å². The van der Waals surface area contributed by atoms with Crippen LogP contribution in [0.15, 0.2) is 30.0 Å². The number of ketones is 3. The molecule has 0 aliphatic rings. The molecule has 1 heterocycles. The molecule has 0 N–H and O–H groups in total. The number of allylic oxidation sites excluding steroid dienone is 1. The van der Waals surface area contributed by atoms with Crippen molar-refractivity contribution in [3.8, 4) is 0 Å². The van der Waals surface area contributed by atoms with E-state index in [1.807, 2.05) is 31.5 Å². The smallest absolute Gasteiger partial charge is 0.178 e. The normalized spacial score (nSPS) is 11.3. The number of hydrogen-bond donors (Lipinski definition) is 0. The zero-order chi connectivity index (χ0) is 27.3. The minimum atomic E-state index is -0.255. The van der Waals surface area contributed by atoms with Crippen molar-refractivity contribution in [2.45, 2.75) is 99.8 Å². The predicted octanol–water partition coefficient (Wildman–Crippen LogP) is 7.80. The maximum atomic E-state index is 13.7. The van der Waals surface area contributed by atoms with Crippen LogP contribution in [0.25, 0.3) is 6.20 Å². The number of nitrogens with zero attached hydrogens (tertiary/aromatic N) is 2. The number of halogens is 1. The summed E-state index contributed by atoms with van der Waals surface area (Å²) in [6.07, 6.45) is 10.3. The van der Waals surface area contributed by atoms with Crippen LogP contribution in [0.1, 0.15) is 119 Å². The van der Waals surface area contributed by atoms with Gasteiger partial charge in [0.25, 0.3) is 0 Å². The molecule has 0 fully saturated rings. The van der Waals surface area contributed by atoms with E-state index in [4.69, 9.17) is 0 Å². The second kappa shape index (κ2) is 16.0. The highest BCUT2D eigenvalue weighted by Crippen LogP contribution is 2.21. The third-order valence-corrected chi connectivity index (χ3v) is 6.16. The highest BCUT2D eigenvalue weighted by Gasteiger charge is 2.19. The van der Waals surface area contributed by atoms with E-state index in [1.165, 1.54) is 13.0 Å². The lowest BCUT2D eigenvalue weighted by Crippen LogP contribution is -2.15. The van der Waals surface area contributed by atoms with Gasteiger partial charge in [-0.1, -0.05) is 51.3 Å². The zero-order valence-electron chi connectivity index (χ0n) is 23.1. The number of carbonyl (C=O) groups excluding carboxylic acids is 3. The Balaban J connectivity index is 0.000000360. The summed E-state index contributed by atoms with van der Waals surface area (Å²) in [5.74, 6) is 0.905. The molecule has 1 aromatic carbocycles. The molecule has 0 bridgehead atoms. The molecule has 6 heteroatoms. The van der Waals surface area contributed by atoms with Gasteiger partial charge in [0.2, 0.25) is 0 Å². The Morgan fingerprint density at radius 3 is 2.17 bits per heavy atom. The maximum Gasteiger partial charge on any atom is 0.178 e. The minimum absolute atomic E-state index is 0.00314. The molecule has 0 radical (unpaired) electrons. The summed E-state index contributed by atoms with van der Waals surface area (Å²) in [4.78, 5) is 38.7. The molecule has 0 aliphatic heterocycles. The number of aromatic nitrogens is 2. The minimum Gasteiger partial charge on any atom is -0.301 e. The molecule has 198 valence electrons. The average molecular weight is 499 g/mol. The number of aryl methyl sites for hydroxylation is 2. The molecule has 1 aromatic heterocycles. The zero-order valence-corrected chi connectivity index (χ0v) is 23.1. The van der Waals surface area contributed by atoms with E-state index in [9.17, 15) is 18.8 Å². The van der Waals surface area contributed by atoms with E-state index < -0.39 is 0 Å². The third-order valence-electron chi connectivity index (χ3n) is 6.16. The van der Waals surface area contributed by atoms with Crippen LogP contribution in [0.5, 0.6) is 0 Å². The van der Waals surface area contributed by atoms with Gasteiger partial charge in [-0.25, -0.2) is 9.37 Å². The fraction of sp³-hybridized carbons (Fsp3) is 0.533. The standard InChI is InChI=1S/C16H23FO.C14H20N2O2/c1-4-7-13(8-5-2)16(18)14-10-9-12(6-3)15(17)11-14;1-10(6-5-7-11(2)17)9-16-13(4)15-8-14(16)12(3)18/h9-11,13H,4-8H2,1-3H3;8-9H,5-7H2,1-4H3/b;10-9+. The molecule has 0 saturated carbocycles. The van der Waals surface area contributed by atoms with Crippen LogP contribution in [0.3, 0.4) is 0 Å². The molecule has 2 rings (SSSR count). The SMILES string of the molecule is CC(=O)CCC/C(C)=C/n1c(C(C)=O)cnc1C.CCCC(CCC)C(=O)c1ccc(CC)c(F)c1. The lowest BCUT2D eigenvalue weighted by molar-refractivity contribution is -0.117. The number of carbonyl (C=O) groups is 3. The topological polar surface area (TPSA) is 69.0 Å². The van der Waals surface area contributed by atoms with E-state index in [1.54, 1.807) is 25.3 Å². The van der Waals surface area contributed by atoms with Crippen molar-refractivity contribution in [2.24, 2.45) is 5.92 Å². The molecule has 0 aliphatic carbocycles. The number of benzene rings is 1. The molecule has 5 nitrogen and oxygen atoms in total. The first-order valence-corrected chi connectivity index (χ1v) is 13.1. The van der Waals surface area contributed by atoms with Crippen molar-refractivity contribution in [1.82, 2.24) is 9.55 Å². The molecular formula is C30H43FN2O3. The molecule has 2 aromatic rings. The van der Waals surface area contributed by atoms with Crippen molar-refractivity contribution in [3.05, 3.63) is 58.4 Å². The first-order chi connectivity index (χ1) is 17.0. The highest BCUT2D eigenvalue weighted by molar-refractivity contribution is 5.97. The predicted molar refractivity (Wildman–Crippen MR) is 145 cm³/mol. The Kier molecular flexibility index (Phi) is 13.8. The van der Waals surface area contributed by atoms with Gasteiger partial charge in [-0.3, -0.25) is 9.59 Å². The monoisotopic (exact) mass is 498 g/mol. The Hall–Kier alpha value is -2.89. The Bertz CT molecular complexity index is 1050. The second-order valence-corrected chi connectivity index (χ2v) is 9.45. The summed E-state index contributed by atoms with van der Waals surface area (Å²) in [5.41, 5.74) is 2.93. The molecular weight excluding hydrogens is 455 g/mol. The Morgan fingerprint density at radius 1 is 1.03 bits per heavy atom. The van der Waals surface area contributed by atoms with E-state index in [0.717, 1.165) is 49.9 Å². The van der Waals surface area contributed by atoms with Crippen molar-refractivity contribution >= 4 is 23.5 Å². The van der Waals surface area contributed by atoms with Crippen LogP contribution < -0.4 is 0 Å². The van der Waals surface area contributed by atoms with Crippen molar-refractivity contribution in [3.63, 3.8) is 0 Å². The first-order valence-electron chi connectivity index (χ1n) is 13.1. The van der Waals surface area contributed by atoms with E-state index in [-0.39, 0.29) is 29.1 Å². The van der Waals surface area contributed by atoms with E-state index in [2.05, 4.69) is 18.8 Å². The quantitative estimate of drug-likeness (QED) is 0.264. The molecule has 0 unspecified atom stereocenters. The maximum absolute atomic E-state index is 13.7. The van der Waals surface area contributed by atoms with Gasteiger partial charge < -0.3 is 9.36 Å². The summed E-state index contributed by atoms with van der Waals surface area (Å²) in [6, 6.07) is 4.90.